The standard InChI is InChI=1S/C15H25P/c1-3-4-5-6-7-8-13-16-15-11-9-14(2)10-12-15/h9-12,16H,3-8,13H2,1-2H3. The zero-order valence-electron chi connectivity index (χ0n) is 10.8. The van der Waals surface area contributed by atoms with Crippen molar-refractivity contribution in [3.05, 3.63) is 29.8 Å². The van der Waals surface area contributed by atoms with Crippen molar-refractivity contribution in [3.8, 4) is 0 Å². The smallest absolute Gasteiger partial charge is 0.0271 e. The molecule has 90 valence electrons. The Balaban J connectivity index is 2.01. The van der Waals surface area contributed by atoms with Gasteiger partial charge in [-0.1, -0.05) is 77.4 Å². The minimum atomic E-state index is 1.01. The quantitative estimate of drug-likeness (QED) is 0.455. The fourth-order valence-corrected chi connectivity index (χ4v) is 2.93. The third-order valence-electron chi connectivity index (χ3n) is 2.91. The second-order valence-electron chi connectivity index (χ2n) is 4.56. The van der Waals surface area contributed by atoms with E-state index in [1.807, 2.05) is 0 Å². The van der Waals surface area contributed by atoms with Crippen molar-refractivity contribution in [2.24, 2.45) is 0 Å². The summed E-state index contributed by atoms with van der Waals surface area (Å²) in [6.45, 7) is 4.43. The van der Waals surface area contributed by atoms with Crippen LogP contribution in [-0.2, 0) is 0 Å². The topological polar surface area (TPSA) is 0 Å². The monoisotopic (exact) mass is 236 g/mol. The molecule has 0 nitrogen and oxygen atoms in total. The highest BCUT2D eigenvalue weighted by atomic mass is 31.1. The summed E-state index contributed by atoms with van der Waals surface area (Å²) < 4.78 is 0. The first-order valence-corrected chi connectivity index (χ1v) is 7.84. The highest BCUT2D eigenvalue weighted by Gasteiger charge is 1.93. The van der Waals surface area contributed by atoms with Crippen molar-refractivity contribution in [2.75, 3.05) is 6.16 Å². The van der Waals surface area contributed by atoms with Gasteiger partial charge in [0, 0.05) is 0 Å². The van der Waals surface area contributed by atoms with Crippen LogP contribution in [-0.4, -0.2) is 6.16 Å². The van der Waals surface area contributed by atoms with Gasteiger partial charge in [-0.25, -0.2) is 0 Å². The fourth-order valence-electron chi connectivity index (χ4n) is 1.81. The van der Waals surface area contributed by atoms with Gasteiger partial charge in [-0.2, -0.15) is 0 Å². The average molecular weight is 236 g/mol. The lowest BCUT2D eigenvalue weighted by Crippen LogP contribution is -1.94. The zero-order valence-corrected chi connectivity index (χ0v) is 11.8. The van der Waals surface area contributed by atoms with Gasteiger partial charge in [0.15, 0.2) is 0 Å². The number of benzene rings is 1. The Hall–Kier alpha value is -0.350. The Bertz CT molecular complexity index is 263. The van der Waals surface area contributed by atoms with E-state index in [4.69, 9.17) is 0 Å². The van der Waals surface area contributed by atoms with Crippen LogP contribution in [0.4, 0.5) is 0 Å². The highest BCUT2D eigenvalue weighted by Crippen LogP contribution is 2.15. The Labute approximate surface area is 103 Å². The van der Waals surface area contributed by atoms with E-state index in [-0.39, 0.29) is 0 Å². The lowest BCUT2D eigenvalue weighted by molar-refractivity contribution is 0.626. The highest BCUT2D eigenvalue weighted by molar-refractivity contribution is 7.47. The van der Waals surface area contributed by atoms with Crippen LogP contribution < -0.4 is 5.30 Å². The van der Waals surface area contributed by atoms with Gasteiger partial charge in [0.1, 0.15) is 0 Å². The Morgan fingerprint density at radius 3 is 2.19 bits per heavy atom. The normalized spacial score (nSPS) is 11.4. The summed E-state index contributed by atoms with van der Waals surface area (Å²) in [5, 5.41) is 1.53. The zero-order chi connectivity index (χ0) is 11.6. The molecule has 0 aliphatic rings. The van der Waals surface area contributed by atoms with Gasteiger partial charge < -0.3 is 0 Å². The maximum Gasteiger partial charge on any atom is -0.0271 e. The van der Waals surface area contributed by atoms with Gasteiger partial charge in [0.2, 0.25) is 0 Å². The SMILES string of the molecule is CCCCCCCCPc1ccc(C)cc1. The molecular formula is C15H25P. The van der Waals surface area contributed by atoms with Crippen LogP contribution in [0.15, 0.2) is 24.3 Å². The first-order chi connectivity index (χ1) is 7.83. The molecule has 1 heteroatoms. The molecule has 1 aromatic rings. The van der Waals surface area contributed by atoms with Gasteiger partial charge in [-0.05, 0) is 24.8 Å². The predicted molar refractivity (Wildman–Crippen MR) is 77.4 cm³/mol. The van der Waals surface area contributed by atoms with E-state index in [0.717, 1.165) is 8.58 Å². The predicted octanol–water partition coefficient (Wildman–Crippen LogP) is 4.66. The molecule has 0 aliphatic carbocycles. The molecular weight excluding hydrogens is 211 g/mol. The third kappa shape index (κ3) is 6.28. The van der Waals surface area contributed by atoms with Gasteiger partial charge in [-0.3, -0.25) is 0 Å². The average Bonchev–Trinajstić information content (AvgIpc) is 2.30. The molecule has 1 atom stereocenters. The van der Waals surface area contributed by atoms with E-state index in [9.17, 15) is 0 Å². The second-order valence-corrected chi connectivity index (χ2v) is 5.99. The number of rotatable bonds is 8. The number of hydrogen-bond acceptors (Lipinski definition) is 0. The lowest BCUT2D eigenvalue weighted by atomic mass is 10.1. The number of aryl methyl sites for hydroxylation is 1. The molecule has 0 aromatic heterocycles. The molecule has 16 heavy (non-hydrogen) atoms. The molecule has 0 N–H and O–H groups in total. The minimum Gasteiger partial charge on any atom is -0.0904 e. The molecule has 0 spiro atoms. The van der Waals surface area contributed by atoms with Crippen LogP contribution in [0, 0.1) is 6.92 Å². The second kappa shape index (κ2) is 8.76. The molecule has 0 radical (unpaired) electrons. The molecule has 0 saturated carbocycles. The first kappa shape index (κ1) is 13.7. The van der Waals surface area contributed by atoms with Gasteiger partial charge >= 0.3 is 0 Å². The summed E-state index contributed by atoms with van der Waals surface area (Å²) in [6, 6.07) is 9.02. The first-order valence-electron chi connectivity index (χ1n) is 6.63. The number of hydrogen-bond donors (Lipinski definition) is 0. The van der Waals surface area contributed by atoms with Crippen LogP contribution in [0.2, 0.25) is 0 Å². The van der Waals surface area contributed by atoms with Crippen molar-refractivity contribution < 1.29 is 0 Å². The van der Waals surface area contributed by atoms with E-state index >= 15 is 0 Å². The number of unbranched alkanes of at least 4 members (excludes halogenated alkanes) is 5. The van der Waals surface area contributed by atoms with E-state index in [1.165, 1.54) is 55.6 Å². The van der Waals surface area contributed by atoms with Crippen molar-refractivity contribution in [1.82, 2.24) is 0 Å². The van der Waals surface area contributed by atoms with E-state index < -0.39 is 0 Å². The van der Waals surface area contributed by atoms with Crippen molar-refractivity contribution >= 4 is 13.9 Å². The molecule has 1 unspecified atom stereocenters. The maximum absolute atomic E-state index is 2.28. The van der Waals surface area contributed by atoms with Crippen molar-refractivity contribution in [1.29, 1.82) is 0 Å². The molecule has 0 saturated heterocycles. The summed E-state index contributed by atoms with van der Waals surface area (Å²) in [7, 11) is 1.01. The Morgan fingerprint density at radius 2 is 1.50 bits per heavy atom. The van der Waals surface area contributed by atoms with Crippen molar-refractivity contribution in [2.45, 2.75) is 52.4 Å². The molecule has 0 fully saturated rings. The molecule has 0 heterocycles. The van der Waals surface area contributed by atoms with E-state index in [0.29, 0.717) is 0 Å². The Morgan fingerprint density at radius 1 is 0.875 bits per heavy atom. The summed E-state index contributed by atoms with van der Waals surface area (Å²) >= 11 is 0. The maximum atomic E-state index is 2.28. The lowest BCUT2D eigenvalue weighted by Gasteiger charge is -2.03. The van der Waals surface area contributed by atoms with Crippen LogP contribution in [0.25, 0.3) is 0 Å². The van der Waals surface area contributed by atoms with Gasteiger partial charge in [-0.15, -0.1) is 0 Å². The third-order valence-corrected chi connectivity index (χ3v) is 4.26. The molecule has 0 aliphatic heterocycles. The largest absolute Gasteiger partial charge is 0.0904 e. The summed E-state index contributed by atoms with van der Waals surface area (Å²) in [6.07, 6.45) is 9.87. The van der Waals surface area contributed by atoms with Gasteiger partial charge in [0.05, 0.1) is 0 Å². The van der Waals surface area contributed by atoms with Gasteiger partial charge in [0.25, 0.3) is 0 Å². The molecule has 0 amide bonds. The summed E-state index contributed by atoms with van der Waals surface area (Å²) in [4.78, 5) is 0. The van der Waals surface area contributed by atoms with E-state index in [2.05, 4.69) is 38.1 Å². The van der Waals surface area contributed by atoms with Crippen LogP contribution in [0.3, 0.4) is 0 Å². The molecule has 1 rings (SSSR count). The minimum absolute atomic E-state index is 1.01. The summed E-state index contributed by atoms with van der Waals surface area (Å²) in [5.41, 5.74) is 1.37. The molecule has 0 bridgehead atoms. The molecule has 1 aromatic carbocycles. The summed E-state index contributed by atoms with van der Waals surface area (Å²) in [5.74, 6) is 0. The van der Waals surface area contributed by atoms with Crippen LogP contribution >= 0.6 is 8.58 Å². The Kier molecular flexibility index (Phi) is 7.51. The van der Waals surface area contributed by atoms with Crippen LogP contribution in [0.5, 0.6) is 0 Å². The fraction of sp³-hybridized carbons (Fsp3) is 0.600. The van der Waals surface area contributed by atoms with Crippen LogP contribution in [0.1, 0.15) is 51.0 Å². The van der Waals surface area contributed by atoms with E-state index in [1.54, 1.807) is 0 Å². The van der Waals surface area contributed by atoms with Crippen molar-refractivity contribution in [3.63, 3.8) is 0 Å².